The van der Waals surface area contributed by atoms with Gasteiger partial charge < -0.3 is 5.32 Å². The lowest BCUT2D eigenvalue weighted by atomic mass is 10.2. The van der Waals surface area contributed by atoms with Gasteiger partial charge in [-0.25, -0.2) is 5.43 Å². The molecule has 1 heterocycles. The molecule has 2 rings (SSSR count). The Bertz CT molecular complexity index is 785. The molecule has 0 bridgehead atoms. The van der Waals surface area contributed by atoms with Gasteiger partial charge in [-0.15, -0.1) is 0 Å². The van der Waals surface area contributed by atoms with Gasteiger partial charge in [-0.2, -0.15) is 5.10 Å². The van der Waals surface area contributed by atoms with Gasteiger partial charge in [-0.3, -0.25) is 19.7 Å². The van der Waals surface area contributed by atoms with Crippen LogP contribution < -0.4 is 10.7 Å². The second-order valence-electron chi connectivity index (χ2n) is 4.39. The summed E-state index contributed by atoms with van der Waals surface area (Å²) in [5, 5.41) is 16.9. The van der Waals surface area contributed by atoms with E-state index in [9.17, 15) is 19.7 Å². The van der Waals surface area contributed by atoms with Gasteiger partial charge in [0.15, 0.2) is 0 Å². The molecular formula is C14H12N4O4S. The average molecular weight is 332 g/mol. The van der Waals surface area contributed by atoms with E-state index in [-0.39, 0.29) is 10.9 Å². The van der Waals surface area contributed by atoms with Crippen LogP contribution in [0.5, 0.6) is 0 Å². The van der Waals surface area contributed by atoms with Crippen molar-refractivity contribution >= 4 is 40.1 Å². The van der Waals surface area contributed by atoms with Crippen molar-refractivity contribution in [2.75, 3.05) is 5.32 Å². The molecule has 0 radical (unpaired) electrons. The minimum absolute atomic E-state index is 0.000727. The Morgan fingerprint density at radius 2 is 2.09 bits per heavy atom. The zero-order valence-electron chi connectivity index (χ0n) is 12.0. The highest BCUT2D eigenvalue weighted by atomic mass is 32.1. The number of rotatable bonds is 5. The predicted octanol–water partition coefficient (Wildman–Crippen LogP) is 2.38. The first-order valence-electron chi connectivity index (χ1n) is 6.41. The van der Waals surface area contributed by atoms with E-state index in [1.807, 2.05) is 0 Å². The summed E-state index contributed by atoms with van der Waals surface area (Å²) in [6.45, 7) is 1.37. The second kappa shape index (κ2) is 7.27. The molecule has 8 nitrogen and oxygen atoms in total. The molecule has 2 amide bonds. The molecule has 23 heavy (non-hydrogen) atoms. The molecule has 2 aromatic rings. The highest BCUT2D eigenvalue weighted by molar-refractivity contribution is 7.16. The standard InChI is InChI=1S/C14H12N4O4S/c1-9(19)16-11-4-2-3-10(7-11)14(20)17-15-8-12-5-6-13(23-12)18(21)22/h2-8H,1H3,(H,16,19)(H,17,20)/b15-8-. The number of benzene rings is 1. The first-order valence-corrected chi connectivity index (χ1v) is 7.22. The molecule has 0 spiro atoms. The fourth-order valence-corrected chi connectivity index (χ4v) is 2.36. The molecule has 0 aliphatic heterocycles. The molecule has 0 unspecified atom stereocenters. The van der Waals surface area contributed by atoms with Gasteiger partial charge in [-0.1, -0.05) is 17.4 Å². The molecule has 0 aliphatic rings. The molecule has 0 saturated carbocycles. The maximum Gasteiger partial charge on any atom is 0.324 e. The number of carbonyl (C=O) groups is 2. The lowest BCUT2D eigenvalue weighted by Crippen LogP contribution is -2.18. The van der Waals surface area contributed by atoms with E-state index in [1.165, 1.54) is 31.3 Å². The average Bonchev–Trinajstić information content (AvgIpc) is 2.96. The molecule has 0 atom stereocenters. The number of nitrogens with zero attached hydrogens (tertiary/aromatic N) is 2. The smallest absolute Gasteiger partial charge is 0.324 e. The highest BCUT2D eigenvalue weighted by Crippen LogP contribution is 2.22. The molecule has 0 aliphatic carbocycles. The van der Waals surface area contributed by atoms with Gasteiger partial charge in [-0.05, 0) is 24.3 Å². The van der Waals surface area contributed by atoms with Crippen LogP contribution in [-0.4, -0.2) is 23.0 Å². The Labute approximate surface area is 135 Å². The maximum atomic E-state index is 11.9. The fraction of sp³-hybridized carbons (Fsp3) is 0.0714. The summed E-state index contributed by atoms with van der Waals surface area (Å²) in [4.78, 5) is 33.5. The van der Waals surface area contributed by atoms with Crippen LogP contribution in [0, 0.1) is 10.1 Å². The summed E-state index contributed by atoms with van der Waals surface area (Å²) in [6.07, 6.45) is 1.33. The zero-order valence-corrected chi connectivity index (χ0v) is 12.8. The number of hydrogen-bond donors (Lipinski definition) is 2. The normalized spacial score (nSPS) is 10.5. The number of nitro groups is 1. The van der Waals surface area contributed by atoms with Gasteiger partial charge in [0.25, 0.3) is 5.91 Å². The van der Waals surface area contributed by atoms with Crippen LogP contribution in [-0.2, 0) is 4.79 Å². The molecule has 1 aromatic carbocycles. The molecule has 0 fully saturated rings. The third kappa shape index (κ3) is 4.71. The summed E-state index contributed by atoms with van der Waals surface area (Å²) in [6, 6.07) is 9.29. The van der Waals surface area contributed by atoms with E-state index in [0.717, 1.165) is 11.3 Å². The van der Waals surface area contributed by atoms with E-state index in [4.69, 9.17) is 0 Å². The van der Waals surface area contributed by atoms with Crippen LogP contribution >= 0.6 is 11.3 Å². The third-order valence-corrected chi connectivity index (χ3v) is 3.57. The van der Waals surface area contributed by atoms with Crippen molar-refractivity contribution < 1.29 is 14.5 Å². The molecule has 2 N–H and O–H groups in total. The minimum Gasteiger partial charge on any atom is -0.326 e. The summed E-state index contributed by atoms with van der Waals surface area (Å²) >= 11 is 0.951. The Hall–Kier alpha value is -3.07. The predicted molar refractivity (Wildman–Crippen MR) is 86.8 cm³/mol. The van der Waals surface area contributed by atoms with Crippen molar-refractivity contribution in [3.05, 3.63) is 57.0 Å². The number of hydrazone groups is 1. The van der Waals surface area contributed by atoms with Crippen LogP contribution in [0.2, 0.25) is 0 Å². The van der Waals surface area contributed by atoms with E-state index in [2.05, 4.69) is 15.8 Å². The lowest BCUT2D eigenvalue weighted by Gasteiger charge is -2.04. The molecule has 0 saturated heterocycles. The Morgan fingerprint density at radius 3 is 2.74 bits per heavy atom. The number of carbonyl (C=O) groups excluding carboxylic acids is 2. The van der Waals surface area contributed by atoms with Crippen molar-refractivity contribution in [2.45, 2.75) is 6.92 Å². The SMILES string of the molecule is CC(=O)Nc1cccc(C(=O)N/N=C\c2ccc([N+](=O)[O-])s2)c1. The summed E-state index contributed by atoms with van der Waals surface area (Å²) in [5.41, 5.74) is 3.15. The summed E-state index contributed by atoms with van der Waals surface area (Å²) < 4.78 is 0. The topological polar surface area (TPSA) is 114 Å². The molecule has 9 heteroatoms. The quantitative estimate of drug-likeness (QED) is 0.497. The van der Waals surface area contributed by atoms with Gasteiger partial charge >= 0.3 is 5.00 Å². The monoisotopic (exact) mass is 332 g/mol. The first-order chi connectivity index (χ1) is 11.0. The van der Waals surface area contributed by atoms with Gasteiger partial charge in [0.2, 0.25) is 5.91 Å². The molecular weight excluding hydrogens is 320 g/mol. The molecule has 1 aromatic heterocycles. The largest absolute Gasteiger partial charge is 0.326 e. The first kappa shape index (κ1) is 16.3. The highest BCUT2D eigenvalue weighted by Gasteiger charge is 2.09. The molecule has 118 valence electrons. The second-order valence-corrected chi connectivity index (χ2v) is 5.49. The van der Waals surface area contributed by atoms with E-state index < -0.39 is 10.8 Å². The van der Waals surface area contributed by atoms with E-state index in [0.29, 0.717) is 16.1 Å². The van der Waals surface area contributed by atoms with Gasteiger partial charge in [0.05, 0.1) is 16.0 Å². The summed E-state index contributed by atoms with van der Waals surface area (Å²) in [5.74, 6) is -0.695. The van der Waals surface area contributed by atoms with Gasteiger partial charge in [0.1, 0.15) is 0 Å². The number of hydrogen-bond acceptors (Lipinski definition) is 6. The van der Waals surface area contributed by atoms with Gasteiger partial charge in [0, 0.05) is 24.2 Å². The Balaban J connectivity index is 1.99. The van der Waals surface area contributed by atoms with Crippen molar-refractivity contribution in [1.29, 1.82) is 0 Å². The number of nitrogens with one attached hydrogen (secondary N) is 2. The Kier molecular flexibility index (Phi) is 5.15. The van der Waals surface area contributed by atoms with Crippen LogP contribution in [0.1, 0.15) is 22.2 Å². The van der Waals surface area contributed by atoms with Crippen LogP contribution in [0.4, 0.5) is 10.7 Å². The fourth-order valence-electron chi connectivity index (χ4n) is 1.67. The van der Waals surface area contributed by atoms with Crippen molar-refractivity contribution in [2.24, 2.45) is 5.10 Å². The summed E-state index contributed by atoms with van der Waals surface area (Å²) in [7, 11) is 0. The maximum absolute atomic E-state index is 11.9. The van der Waals surface area contributed by atoms with Crippen LogP contribution in [0.3, 0.4) is 0 Å². The van der Waals surface area contributed by atoms with Crippen molar-refractivity contribution in [3.8, 4) is 0 Å². The van der Waals surface area contributed by atoms with Crippen LogP contribution in [0.15, 0.2) is 41.5 Å². The number of thiophene rings is 1. The van der Waals surface area contributed by atoms with E-state index >= 15 is 0 Å². The number of anilines is 1. The lowest BCUT2D eigenvalue weighted by molar-refractivity contribution is -0.380. The van der Waals surface area contributed by atoms with E-state index in [1.54, 1.807) is 18.2 Å². The number of amides is 2. The van der Waals surface area contributed by atoms with Crippen molar-refractivity contribution in [1.82, 2.24) is 5.43 Å². The minimum atomic E-state index is -0.492. The van der Waals surface area contributed by atoms with Crippen LogP contribution in [0.25, 0.3) is 0 Å². The third-order valence-electron chi connectivity index (χ3n) is 2.60. The Morgan fingerprint density at radius 1 is 1.30 bits per heavy atom. The zero-order chi connectivity index (χ0) is 16.8. The van der Waals surface area contributed by atoms with Crippen molar-refractivity contribution in [3.63, 3.8) is 0 Å².